The van der Waals surface area contributed by atoms with Crippen LogP contribution in [0.2, 0.25) is 0 Å². The Bertz CT molecular complexity index is 643. The highest BCUT2D eigenvalue weighted by molar-refractivity contribution is 5.36. The van der Waals surface area contributed by atoms with Gasteiger partial charge in [-0.15, -0.1) is 0 Å². The number of aromatic nitrogens is 1. The van der Waals surface area contributed by atoms with E-state index in [1.54, 1.807) is 10.8 Å². The molecule has 0 spiro atoms. The van der Waals surface area contributed by atoms with Gasteiger partial charge in [-0.25, -0.2) is 0 Å². The van der Waals surface area contributed by atoms with E-state index in [0.29, 0.717) is 12.1 Å². The molecule has 1 atom stereocenters. The van der Waals surface area contributed by atoms with Crippen LogP contribution in [0.3, 0.4) is 0 Å². The highest BCUT2D eigenvalue weighted by Gasteiger charge is 2.14. The number of benzene rings is 1. The SMILES string of the molecule is CCn1cccc(C(N)c2ccc(C)c(C)c2)c1=O. The summed E-state index contributed by atoms with van der Waals surface area (Å²) in [6.07, 6.45) is 1.79. The van der Waals surface area contributed by atoms with Gasteiger partial charge >= 0.3 is 0 Å². The molecule has 1 heterocycles. The molecular weight excluding hydrogens is 236 g/mol. The molecule has 0 aliphatic carbocycles. The highest BCUT2D eigenvalue weighted by atomic mass is 16.1. The van der Waals surface area contributed by atoms with Gasteiger partial charge in [0.2, 0.25) is 0 Å². The monoisotopic (exact) mass is 256 g/mol. The van der Waals surface area contributed by atoms with Gasteiger partial charge in [0.05, 0.1) is 6.04 Å². The zero-order valence-electron chi connectivity index (χ0n) is 11.7. The molecule has 2 N–H and O–H groups in total. The number of nitrogens with two attached hydrogens (primary N) is 1. The number of hydrogen-bond acceptors (Lipinski definition) is 2. The minimum absolute atomic E-state index is 0.00396. The number of nitrogens with zero attached hydrogens (tertiary/aromatic N) is 1. The van der Waals surface area contributed by atoms with Gasteiger partial charge in [-0.3, -0.25) is 4.79 Å². The molecule has 1 aromatic carbocycles. The van der Waals surface area contributed by atoms with E-state index >= 15 is 0 Å². The second-order valence-corrected chi connectivity index (χ2v) is 4.88. The van der Waals surface area contributed by atoms with Crippen molar-refractivity contribution in [2.24, 2.45) is 5.73 Å². The molecule has 19 heavy (non-hydrogen) atoms. The minimum atomic E-state index is -0.370. The van der Waals surface area contributed by atoms with Crippen LogP contribution in [0.1, 0.15) is 35.2 Å². The summed E-state index contributed by atoms with van der Waals surface area (Å²) in [5, 5.41) is 0. The maximum Gasteiger partial charge on any atom is 0.255 e. The Labute approximate surface area is 113 Å². The molecule has 1 unspecified atom stereocenters. The second kappa shape index (κ2) is 5.41. The molecule has 0 bridgehead atoms. The van der Waals surface area contributed by atoms with E-state index in [2.05, 4.69) is 19.9 Å². The van der Waals surface area contributed by atoms with Crippen LogP contribution in [0, 0.1) is 13.8 Å². The normalized spacial score (nSPS) is 12.4. The first-order valence-corrected chi connectivity index (χ1v) is 6.56. The molecule has 0 saturated heterocycles. The largest absolute Gasteiger partial charge is 0.320 e. The summed E-state index contributed by atoms with van der Waals surface area (Å²) in [5.41, 5.74) is 10.3. The van der Waals surface area contributed by atoms with Crippen LogP contribution in [0.25, 0.3) is 0 Å². The summed E-state index contributed by atoms with van der Waals surface area (Å²) in [5.74, 6) is 0. The van der Waals surface area contributed by atoms with Gasteiger partial charge in [-0.2, -0.15) is 0 Å². The van der Waals surface area contributed by atoms with Crippen molar-refractivity contribution in [3.63, 3.8) is 0 Å². The van der Waals surface area contributed by atoms with Crippen LogP contribution < -0.4 is 11.3 Å². The third kappa shape index (κ3) is 2.61. The minimum Gasteiger partial charge on any atom is -0.320 e. The van der Waals surface area contributed by atoms with Crippen LogP contribution in [-0.4, -0.2) is 4.57 Å². The maximum atomic E-state index is 12.2. The van der Waals surface area contributed by atoms with E-state index in [4.69, 9.17) is 5.73 Å². The molecule has 100 valence electrons. The lowest BCUT2D eigenvalue weighted by Gasteiger charge is -2.15. The summed E-state index contributed by atoms with van der Waals surface area (Å²) >= 11 is 0. The van der Waals surface area contributed by atoms with E-state index in [1.165, 1.54) is 11.1 Å². The van der Waals surface area contributed by atoms with Crippen LogP contribution in [0.4, 0.5) is 0 Å². The summed E-state index contributed by atoms with van der Waals surface area (Å²) in [4.78, 5) is 12.2. The smallest absolute Gasteiger partial charge is 0.255 e. The standard InChI is InChI=1S/C16H20N2O/c1-4-18-9-5-6-14(16(18)19)15(17)13-8-7-11(2)12(3)10-13/h5-10,15H,4,17H2,1-3H3. The van der Waals surface area contributed by atoms with Crippen molar-refractivity contribution in [1.29, 1.82) is 0 Å². The predicted octanol–water partition coefficient (Wildman–Crippen LogP) is 2.53. The van der Waals surface area contributed by atoms with Gasteiger partial charge in [-0.1, -0.05) is 24.3 Å². The quantitative estimate of drug-likeness (QED) is 0.917. The Balaban J connectivity index is 2.47. The van der Waals surface area contributed by atoms with Crippen LogP contribution >= 0.6 is 0 Å². The average molecular weight is 256 g/mol. The second-order valence-electron chi connectivity index (χ2n) is 4.88. The molecule has 0 fully saturated rings. The van der Waals surface area contributed by atoms with E-state index in [1.807, 2.05) is 31.2 Å². The lowest BCUT2D eigenvalue weighted by atomic mass is 9.97. The van der Waals surface area contributed by atoms with Gasteiger partial charge in [0.15, 0.2) is 0 Å². The van der Waals surface area contributed by atoms with E-state index in [0.717, 1.165) is 5.56 Å². The van der Waals surface area contributed by atoms with Gasteiger partial charge in [0.25, 0.3) is 5.56 Å². The maximum absolute atomic E-state index is 12.2. The van der Waals surface area contributed by atoms with Crippen LogP contribution in [-0.2, 0) is 6.54 Å². The molecule has 3 heteroatoms. The van der Waals surface area contributed by atoms with Crippen LogP contribution in [0.15, 0.2) is 41.3 Å². The third-order valence-corrected chi connectivity index (χ3v) is 3.62. The molecule has 0 saturated carbocycles. The zero-order chi connectivity index (χ0) is 14.0. The Morgan fingerprint density at radius 1 is 1.21 bits per heavy atom. The summed E-state index contributed by atoms with van der Waals surface area (Å²) in [6.45, 7) is 6.73. The lowest BCUT2D eigenvalue weighted by molar-refractivity contribution is 0.701. The topological polar surface area (TPSA) is 48.0 Å². The molecule has 0 aliphatic heterocycles. The Morgan fingerprint density at radius 2 is 1.95 bits per heavy atom. The van der Waals surface area contributed by atoms with E-state index in [9.17, 15) is 4.79 Å². The van der Waals surface area contributed by atoms with Gasteiger partial charge in [-0.05, 0) is 43.5 Å². The zero-order valence-corrected chi connectivity index (χ0v) is 11.7. The van der Waals surface area contributed by atoms with Crippen molar-refractivity contribution in [2.75, 3.05) is 0 Å². The van der Waals surface area contributed by atoms with Gasteiger partial charge in [0.1, 0.15) is 0 Å². The number of hydrogen-bond donors (Lipinski definition) is 1. The molecular formula is C16H20N2O. The molecule has 0 aliphatic rings. The average Bonchev–Trinajstić information content (AvgIpc) is 2.41. The number of aryl methyl sites for hydroxylation is 3. The fourth-order valence-electron chi connectivity index (χ4n) is 2.18. The fourth-order valence-corrected chi connectivity index (χ4v) is 2.18. The summed E-state index contributed by atoms with van der Waals surface area (Å²) in [6, 6.07) is 9.42. The van der Waals surface area contributed by atoms with Crippen molar-refractivity contribution < 1.29 is 0 Å². The molecule has 3 nitrogen and oxygen atoms in total. The predicted molar refractivity (Wildman–Crippen MR) is 78.3 cm³/mol. The van der Waals surface area contributed by atoms with E-state index in [-0.39, 0.29) is 11.6 Å². The van der Waals surface area contributed by atoms with Crippen molar-refractivity contribution in [1.82, 2.24) is 4.57 Å². The number of pyridine rings is 1. The Morgan fingerprint density at radius 3 is 2.58 bits per heavy atom. The first kappa shape index (κ1) is 13.6. The Hall–Kier alpha value is -1.87. The first-order chi connectivity index (χ1) is 9.04. The highest BCUT2D eigenvalue weighted by Crippen LogP contribution is 2.19. The van der Waals surface area contributed by atoms with Gasteiger partial charge < -0.3 is 10.3 Å². The molecule has 2 rings (SSSR count). The molecule has 0 radical (unpaired) electrons. The molecule has 0 amide bonds. The Kier molecular flexibility index (Phi) is 3.86. The van der Waals surface area contributed by atoms with E-state index < -0.39 is 0 Å². The van der Waals surface area contributed by atoms with Crippen LogP contribution in [0.5, 0.6) is 0 Å². The van der Waals surface area contributed by atoms with Gasteiger partial charge in [0, 0.05) is 18.3 Å². The number of rotatable bonds is 3. The first-order valence-electron chi connectivity index (χ1n) is 6.56. The summed E-state index contributed by atoms with van der Waals surface area (Å²) < 4.78 is 1.68. The summed E-state index contributed by atoms with van der Waals surface area (Å²) in [7, 11) is 0. The fraction of sp³-hybridized carbons (Fsp3) is 0.312. The lowest BCUT2D eigenvalue weighted by Crippen LogP contribution is -2.27. The third-order valence-electron chi connectivity index (χ3n) is 3.62. The molecule has 2 aromatic rings. The van der Waals surface area contributed by atoms with Crippen molar-refractivity contribution in [3.8, 4) is 0 Å². The molecule has 1 aromatic heterocycles. The van der Waals surface area contributed by atoms with Crippen molar-refractivity contribution in [2.45, 2.75) is 33.4 Å². The van der Waals surface area contributed by atoms with Crippen molar-refractivity contribution in [3.05, 3.63) is 69.1 Å². The van der Waals surface area contributed by atoms with Crippen molar-refractivity contribution >= 4 is 0 Å².